The van der Waals surface area contributed by atoms with Gasteiger partial charge in [-0.25, -0.2) is 0 Å². The zero-order valence-electron chi connectivity index (χ0n) is 29.2. The van der Waals surface area contributed by atoms with Gasteiger partial charge in [-0.15, -0.1) is 40.5 Å². The highest BCUT2D eigenvalue weighted by Gasteiger charge is 2.33. The molecule has 1 amide bonds. The topological polar surface area (TPSA) is 275 Å². The second-order valence-corrected chi connectivity index (χ2v) is 12.0. The third-order valence-electron chi connectivity index (χ3n) is 7.87. The van der Waals surface area contributed by atoms with Gasteiger partial charge < -0.3 is 14.5 Å². The van der Waals surface area contributed by atoms with Crippen molar-refractivity contribution in [3.05, 3.63) is 84.4 Å². The lowest BCUT2D eigenvalue weighted by Gasteiger charge is -2.34. The molecule has 0 fully saturated rings. The van der Waals surface area contributed by atoms with E-state index in [2.05, 4.69) is 35.1 Å². The zero-order chi connectivity index (χ0) is 38.9. The Morgan fingerprint density at radius 2 is 1.49 bits per heavy atom. The fraction of sp³-hybridized carbons (Fsp3) is 0.500. The molecule has 2 unspecified atom stereocenters. The highest BCUT2D eigenvalue weighted by molar-refractivity contribution is 5.91. The minimum absolute atomic E-state index is 0.142. The maximum absolute atomic E-state index is 13.6. The number of tetrazole rings is 1. The summed E-state index contributed by atoms with van der Waals surface area (Å²) in [5.74, 6) is -1.23. The van der Waals surface area contributed by atoms with Crippen LogP contribution in [0, 0.1) is 36.3 Å². The zero-order valence-corrected chi connectivity index (χ0v) is 29.2. The molecule has 1 heterocycles. The molecule has 0 spiro atoms. The number of aromatic nitrogens is 4. The first-order valence-electron chi connectivity index (χ1n) is 16.6. The first kappa shape index (κ1) is 41.1. The number of Topliss-reactive ketones (excluding diaryl/α,β-unsaturated/α-hetero) is 1. The van der Waals surface area contributed by atoms with Crippen molar-refractivity contribution in [3.63, 3.8) is 0 Å². The number of unbranched alkanes of at least 4 members (excludes halogenated alkanes) is 1. The van der Waals surface area contributed by atoms with Gasteiger partial charge in [-0.05, 0) is 47.1 Å². The second-order valence-electron chi connectivity index (χ2n) is 12.0. The molecule has 53 heavy (non-hydrogen) atoms. The van der Waals surface area contributed by atoms with E-state index in [4.69, 9.17) is 4.74 Å². The molecule has 21 heteroatoms. The molecule has 3 rings (SSSR count). The molecule has 0 saturated heterocycles. The van der Waals surface area contributed by atoms with Crippen molar-refractivity contribution in [1.82, 2.24) is 25.5 Å². The number of nitrogens with zero attached hydrogens (tertiary/aromatic N) is 7. The summed E-state index contributed by atoms with van der Waals surface area (Å²) in [6, 6.07) is 14.3. The van der Waals surface area contributed by atoms with Crippen molar-refractivity contribution in [2.75, 3.05) is 6.61 Å². The molecule has 1 aromatic heterocycles. The molecule has 2 atom stereocenters. The monoisotopic (exact) mass is 744 g/mol. The van der Waals surface area contributed by atoms with E-state index >= 15 is 0 Å². The van der Waals surface area contributed by atoms with Gasteiger partial charge in [0.1, 0.15) is 0 Å². The molecular formula is C32H40N8O13. The largest absolute Gasteiger partial charge is 0.466 e. The van der Waals surface area contributed by atoms with Gasteiger partial charge in [-0.1, -0.05) is 75.7 Å². The fourth-order valence-corrected chi connectivity index (χ4v) is 5.50. The van der Waals surface area contributed by atoms with Crippen LogP contribution in [0.4, 0.5) is 0 Å². The Morgan fingerprint density at radius 3 is 2.06 bits per heavy atom. The first-order chi connectivity index (χ1) is 25.3. The standard InChI is InChI=1S/C32H40N8O13/c1-4-5-12-28(42)37(20-22-13-15-23(16-14-22)24-9-6-7-10-25(24)31-33-35-36-34-31)30(21(2)3)26(41)17-18-29(43)50-19-8-11-27(51-38(44)45)32(52-39(46)47)53-40(48)49/h6-7,9-10,13-16,21,27,30,32H,4-5,8,11-12,17-20H2,1-3H3,(H,33,34,35,36). The Hall–Kier alpha value is -6.28. The van der Waals surface area contributed by atoms with Crippen LogP contribution in [0.25, 0.3) is 22.5 Å². The summed E-state index contributed by atoms with van der Waals surface area (Å²) in [5.41, 5.74) is 3.31. The number of benzene rings is 2. The molecule has 0 radical (unpaired) electrons. The minimum Gasteiger partial charge on any atom is -0.466 e. The lowest BCUT2D eigenvalue weighted by molar-refractivity contribution is -0.867. The van der Waals surface area contributed by atoms with Gasteiger partial charge >= 0.3 is 5.97 Å². The summed E-state index contributed by atoms with van der Waals surface area (Å²) in [6.45, 7) is 5.33. The quantitative estimate of drug-likeness (QED) is 0.0445. The predicted molar refractivity (Wildman–Crippen MR) is 180 cm³/mol. The number of carbonyl (C=O) groups excluding carboxylic acids is 3. The Bertz CT molecular complexity index is 1670. The molecular weight excluding hydrogens is 704 g/mol. The summed E-state index contributed by atoms with van der Waals surface area (Å²) in [6.07, 6.45) is -3.95. The van der Waals surface area contributed by atoms with Crippen LogP contribution in [0.5, 0.6) is 0 Å². The van der Waals surface area contributed by atoms with Crippen LogP contribution in [-0.4, -0.2) is 83.5 Å². The number of rotatable bonds is 24. The number of amides is 1. The van der Waals surface area contributed by atoms with Crippen LogP contribution in [-0.2, 0) is 40.2 Å². The third-order valence-corrected chi connectivity index (χ3v) is 7.87. The van der Waals surface area contributed by atoms with Crippen LogP contribution >= 0.6 is 0 Å². The number of ketones is 1. The number of H-pyrrole nitrogens is 1. The molecule has 286 valence electrons. The number of nitrogens with one attached hydrogen (secondary N) is 1. The summed E-state index contributed by atoms with van der Waals surface area (Å²) >= 11 is 0. The summed E-state index contributed by atoms with van der Waals surface area (Å²) in [5, 5.41) is 42.2. The highest BCUT2D eigenvalue weighted by atomic mass is 17.1. The van der Waals surface area contributed by atoms with Crippen LogP contribution in [0.1, 0.15) is 71.3 Å². The van der Waals surface area contributed by atoms with Crippen molar-refractivity contribution in [2.24, 2.45) is 5.92 Å². The van der Waals surface area contributed by atoms with Crippen molar-refractivity contribution in [2.45, 2.75) is 90.7 Å². The Labute approximate surface area is 302 Å². The molecule has 0 aliphatic rings. The van der Waals surface area contributed by atoms with E-state index < -0.39 is 46.1 Å². The number of aromatic amines is 1. The van der Waals surface area contributed by atoms with Gasteiger partial charge in [0, 0.05) is 24.9 Å². The molecule has 0 aliphatic heterocycles. The second kappa shape index (κ2) is 20.5. The van der Waals surface area contributed by atoms with Gasteiger partial charge in [0.05, 0.1) is 19.1 Å². The van der Waals surface area contributed by atoms with E-state index in [9.17, 15) is 44.7 Å². The SMILES string of the molecule is CCCCC(=O)N(Cc1ccc(-c2ccccc2-c2nn[nH]n2)cc1)C(C(=O)CCC(=O)OCCCC(O[N+](=O)[O-])C(O[N+](=O)[O-])O[N+](=O)[O-])C(C)C. The van der Waals surface area contributed by atoms with E-state index in [1.54, 1.807) is 18.7 Å². The lowest BCUT2D eigenvalue weighted by atomic mass is 9.93. The average molecular weight is 745 g/mol. The number of carbonyl (C=O) groups is 3. The number of hydrogen-bond acceptors (Lipinski definition) is 16. The van der Waals surface area contributed by atoms with Gasteiger partial charge in [-0.3, -0.25) is 24.1 Å². The molecule has 0 bridgehead atoms. The third kappa shape index (κ3) is 13.1. The van der Waals surface area contributed by atoms with E-state index in [1.165, 1.54) is 0 Å². The molecule has 21 nitrogen and oxygen atoms in total. The average Bonchev–Trinajstić information content (AvgIpc) is 3.65. The summed E-state index contributed by atoms with van der Waals surface area (Å²) in [7, 11) is 0. The molecule has 3 aromatic rings. The van der Waals surface area contributed by atoms with Crippen molar-refractivity contribution in [1.29, 1.82) is 0 Å². The van der Waals surface area contributed by atoms with Gasteiger partial charge in [0.2, 0.25) is 11.7 Å². The molecule has 0 aliphatic carbocycles. The summed E-state index contributed by atoms with van der Waals surface area (Å²) < 4.78 is 5.11. The van der Waals surface area contributed by atoms with Crippen LogP contribution in [0.2, 0.25) is 0 Å². The van der Waals surface area contributed by atoms with Crippen LogP contribution < -0.4 is 0 Å². The molecule has 0 saturated carbocycles. The van der Waals surface area contributed by atoms with Crippen LogP contribution in [0.3, 0.4) is 0 Å². The molecule has 2 aromatic carbocycles. The van der Waals surface area contributed by atoms with Crippen molar-refractivity contribution in [3.8, 4) is 22.5 Å². The van der Waals surface area contributed by atoms with E-state index in [0.717, 1.165) is 28.7 Å². The van der Waals surface area contributed by atoms with E-state index in [1.807, 2.05) is 55.5 Å². The van der Waals surface area contributed by atoms with Gasteiger partial charge in [0.15, 0.2) is 11.9 Å². The number of hydrogen-bond donors (Lipinski definition) is 1. The maximum atomic E-state index is 13.6. The van der Waals surface area contributed by atoms with Gasteiger partial charge in [0.25, 0.3) is 21.5 Å². The maximum Gasteiger partial charge on any atom is 0.306 e. The van der Waals surface area contributed by atoms with Crippen molar-refractivity contribution < 1.29 is 48.9 Å². The highest BCUT2D eigenvalue weighted by Crippen LogP contribution is 2.30. The van der Waals surface area contributed by atoms with Crippen LogP contribution in [0.15, 0.2) is 48.5 Å². The Kier molecular flexibility index (Phi) is 15.9. The normalized spacial score (nSPS) is 12.1. The minimum atomic E-state index is -2.38. The lowest BCUT2D eigenvalue weighted by Crippen LogP contribution is -2.47. The van der Waals surface area contributed by atoms with Crippen molar-refractivity contribution >= 4 is 17.7 Å². The predicted octanol–water partition coefficient (Wildman–Crippen LogP) is 4.07. The fourth-order valence-electron chi connectivity index (χ4n) is 5.50. The smallest absolute Gasteiger partial charge is 0.306 e. The number of esters is 1. The van der Waals surface area contributed by atoms with Gasteiger partial charge in [-0.2, -0.15) is 5.21 Å². The Balaban J connectivity index is 1.66. The van der Waals surface area contributed by atoms with E-state index in [0.29, 0.717) is 12.2 Å². The Morgan fingerprint density at radius 1 is 0.849 bits per heavy atom. The summed E-state index contributed by atoms with van der Waals surface area (Å²) in [4.78, 5) is 85.6. The molecule has 1 N–H and O–H groups in total. The first-order valence-corrected chi connectivity index (χ1v) is 16.6. The van der Waals surface area contributed by atoms with E-state index in [-0.39, 0.29) is 56.4 Å². The number of ether oxygens (including phenoxy) is 1.